The number of hydrogen-bond donors (Lipinski definition) is 3. The van der Waals surface area contributed by atoms with Crippen LogP contribution in [-0.2, 0) is 14.4 Å². The van der Waals surface area contributed by atoms with Crippen LogP contribution in [0.15, 0.2) is 162 Å². The van der Waals surface area contributed by atoms with Crippen LogP contribution in [0.3, 0.4) is 0 Å². The number of rotatable bonds is 12. The lowest BCUT2D eigenvalue weighted by Gasteiger charge is -2.48. The third-order valence-electron chi connectivity index (χ3n) is 25.4. The molecule has 24 nitrogen and oxygen atoms in total. The van der Waals surface area contributed by atoms with E-state index in [1.807, 2.05) is 77.0 Å². The molecule has 6 aromatic heterocycles. The molecule has 0 radical (unpaired) electrons. The molecular formula is C99H93F9N12O12. The molecule has 0 bridgehead atoms. The molecule has 0 saturated carbocycles. The van der Waals surface area contributed by atoms with Gasteiger partial charge in [-0.3, -0.25) is 57.4 Å². The largest absolute Gasteiger partial charge is 0.507 e. The maximum Gasteiger partial charge on any atom is 0.300 e. The molecule has 12 heterocycles. The van der Waals surface area contributed by atoms with Crippen molar-refractivity contribution in [2.45, 2.75) is 137 Å². The summed E-state index contributed by atoms with van der Waals surface area (Å²) >= 11 is 0. The topological polar surface area (TPSA) is 264 Å². The van der Waals surface area contributed by atoms with Gasteiger partial charge in [0.2, 0.25) is 35.0 Å². The second kappa shape index (κ2) is 35.1. The molecule has 18 rings (SSSR count). The molecule has 0 unspecified atom stereocenters. The van der Waals surface area contributed by atoms with Crippen LogP contribution in [0.25, 0.3) is 83.2 Å². The standard InChI is InChI=1S/3C33H31F3N4O4/c3*1-6-24(42)38-14-19-15-44-32-31(39(19)13-18(38)5)20-12-22(35)26(25-21(34)8-7-9-23(25)41)27(36)30(20)40(33(32)43)29-17(4)10-11-37-28(29)16(2)3/h3*6-12,16,18-19,41H,1,13-15H2,2-5H3/t3*18-,19-/m111/s1. The minimum Gasteiger partial charge on any atom is -0.507 e. The van der Waals surface area contributed by atoms with Crippen molar-refractivity contribution in [3.63, 3.8) is 0 Å². The average molecular weight is 1810 g/mol. The van der Waals surface area contributed by atoms with E-state index in [9.17, 15) is 44.1 Å². The van der Waals surface area contributed by atoms with E-state index in [4.69, 9.17) is 14.2 Å². The number of amides is 3. The van der Waals surface area contributed by atoms with Gasteiger partial charge in [-0.1, -0.05) is 79.5 Å². The predicted molar refractivity (Wildman–Crippen MR) is 483 cm³/mol. The zero-order chi connectivity index (χ0) is 94.8. The first kappa shape index (κ1) is 90.9. The number of phenols is 3. The molecule has 6 aliphatic rings. The first-order valence-corrected chi connectivity index (χ1v) is 43.0. The Kier molecular flexibility index (Phi) is 24.2. The second-order valence-corrected chi connectivity index (χ2v) is 34.7. The Balaban J connectivity index is 0.000000144. The quantitative estimate of drug-likeness (QED) is 0.0758. The summed E-state index contributed by atoms with van der Waals surface area (Å²) in [4.78, 5) is 105. The number of aryl methyl sites for hydroxylation is 3. The number of anilines is 3. The van der Waals surface area contributed by atoms with Crippen LogP contribution >= 0.6 is 0 Å². The van der Waals surface area contributed by atoms with Crippen LogP contribution in [-0.4, -0.2) is 172 Å². The Morgan fingerprint density at radius 2 is 0.629 bits per heavy atom. The van der Waals surface area contributed by atoms with E-state index in [1.54, 1.807) is 72.3 Å². The summed E-state index contributed by atoms with van der Waals surface area (Å²) in [5.74, 6) is -13.8. The van der Waals surface area contributed by atoms with Gasteiger partial charge in [0, 0.05) is 92.1 Å². The minimum atomic E-state index is -1.23. The number of fused-ring (bicyclic) bond motifs is 15. The van der Waals surface area contributed by atoms with E-state index >= 15 is 39.5 Å². The van der Waals surface area contributed by atoms with Crippen molar-refractivity contribution in [3.05, 3.63) is 265 Å². The van der Waals surface area contributed by atoms with Crippen molar-refractivity contribution in [2.24, 2.45) is 0 Å². The summed E-state index contributed by atoms with van der Waals surface area (Å²) in [5.41, 5.74) is -2.70. The number of pyridine rings is 6. The maximum atomic E-state index is 17.0. The third-order valence-corrected chi connectivity index (χ3v) is 25.4. The van der Waals surface area contributed by atoms with Crippen molar-refractivity contribution in [2.75, 3.05) is 73.8 Å². The number of aromatic nitrogens is 6. The fraction of sp³-hybridized carbons (Fsp3) is 0.303. The van der Waals surface area contributed by atoms with Gasteiger partial charge in [0.05, 0.1) is 119 Å². The fourth-order valence-corrected chi connectivity index (χ4v) is 19.2. The molecule has 3 N–H and O–H groups in total. The lowest BCUT2D eigenvalue weighted by molar-refractivity contribution is -0.130. The lowest BCUT2D eigenvalue weighted by atomic mass is 9.96. The first-order chi connectivity index (χ1) is 62.9. The van der Waals surface area contributed by atoms with E-state index in [0.717, 1.165) is 68.3 Å². The number of phenolic OH excluding ortho intramolecular Hbond substituents is 3. The summed E-state index contributed by atoms with van der Waals surface area (Å²) in [6, 6.07) is 16.0. The molecule has 3 saturated heterocycles. The van der Waals surface area contributed by atoms with Crippen molar-refractivity contribution in [3.8, 4) is 84.9 Å². The van der Waals surface area contributed by atoms with Crippen LogP contribution in [0.4, 0.5) is 56.6 Å². The Labute approximate surface area is 751 Å². The molecule has 132 heavy (non-hydrogen) atoms. The second-order valence-electron chi connectivity index (χ2n) is 34.7. The highest BCUT2D eigenvalue weighted by Crippen LogP contribution is 2.52. The molecule has 6 aliphatic heterocycles. The van der Waals surface area contributed by atoms with Gasteiger partial charge in [-0.05, 0) is 167 Å². The van der Waals surface area contributed by atoms with Crippen molar-refractivity contribution in [1.82, 2.24) is 43.4 Å². The van der Waals surface area contributed by atoms with Gasteiger partial charge < -0.3 is 58.9 Å². The number of halogens is 9. The summed E-state index contributed by atoms with van der Waals surface area (Å²) in [6.45, 7) is 34.4. The summed E-state index contributed by atoms with van der Waals surface area (Å²) in [6.07, 6.45) is 8.45. The Hall–Kier alpha value is -14.4. The zero-order valence-electron chi connectivity index (χ0n) is 74.1. The van der Waals surface area contributed by atoms with Gasteiger partial charge in [0.25, 0.3) is 16.7 Å². The monoisotopic (exact) mass is 1810 g/mol. The first-order valence-electron chi connectivity index (χ1n) is 43.0. The SMILES string of the molecule is C=CC(=O)N1C[C@@H]2COc3c(c4cc(F)c(-c5c(O)cccc5F)c(F)c4n(-c4c(C)ccnc4C(C)C)c3=O)N2C[C@H]1C.C=CC(=O)N1C[C@@H]2COc3c(c4cc(F)c(-c5c(O)cccc5F)c(F)c4n(-c4c(C)ccnc4C(C)C)c3=O)N2C[C@H]1C.C=CC(=O)N1C[C@@H]2COc3c(c4cc(F)c(-c5c(O)cccc5F)c(F)c4n(-c4c(C)ccnc4C(C)C)c3=O)N2C[C@H]1C. The molecule has 0 aliphatic carbocycles. The van der Waals surface area contributed by atoms with Crippen molar-refractivity contribution < 1.29 is 83.4 Å². The normalized spacial score (nSPS) is 17.8. The highest BCUT2D eigenvalue weighted by molar-refractivity contribution is 6.04. The van der Waals surface area contributed by atoms with Gasteiger partial charge in [-0.15, -0.1) is 0 Å². The Morgan fingerprint density at radius 1 is 0.379 bits per heavy atom. The number of hydrogen-bond acceptors (Lipinski definition) is 18. The van der Waals surface area contributed by atoms with E-state index in [2.05, 4.69) is 34.7 Å². The minimum absolute atomic E-state index is 0.0209. The van der Waals surface area contributed by atoms with Gasteiger partial charge in [-0.25, -0.2) is 39.5 Å². The van der Waals surface area contributed by atoms with Gasteiger partial charge in [0.1, 0.15) is 72.0 Å². The molecule has 0 spiro atoms. The maximum absolute atomic E-state index is 17.0. The molecule has 6 atom stereocenters. The molecule has 684 valence electrons. The number of ether oxygens (including phenoxy) is 3. The van der Waals surface area contributed by atoms with Crippen LogP contribution in [0, 0.1) is 73.1 Å². The molecule has 6 aromatic carbocycles. The smallest absolute Gasteiger partial charge is 0.300 e. The Bertz CT molecular complexity index is 6360. The Morgan fingerprint density at radius 3 is 0.856 bits per heavy atom. The number of piperazine rings is 3. The lowest BCUT2D eigenvalue weighted by Crippen LogP contribution is -2.62. The summed E-state index contributed by atoms with van der Waals surface area (Å²) in [5, 5.41) is 31.6. The number of benzene rings is 6. The predicted octanol–water partition coefficient (Wildman–Crippen LogP) is 16.8. The molecular weight excluding hydrogens is 1720 g/mol. The molecule has 33 heteroatoms. The number of carbonyl (C=O) groups excluding carboxylic acids is 3. The van der Waals surface area contributed by atoms with Gasteiger partial charge in [0.15, 0.2) is 17.5 Å². The number of nitrogens with zero attached hydrogens (tertiary/aromatic N) is 12. The van der Waals surface area contributed by atoms with E-state index < -0.39 is 138 Å². The summed E-state index contributed by atoms with van der Waals surface area (Å²) in [7, 11) is 0. The average Bonchev–Trinajstić information content (AvgIpc) is 0.714. The van der Waals surface area contributed by atoms with Crippen LogP contribution in [0.1, 0.15) is 114 Å². The molecule has 12 aromatic rings. The van der Waals surface area contributed by atoms with Crippen LogP contribution < -0.4 is 45.6 Å². The number of aromatic hydroxyl groups is 3. The van der Waals surface area contributed by atoms with Gasteiger partial charge in [-0.2, -0.15) is 0 Å². The van der Waals surface area contributed by atoms with E-state index in [-0.39, 0.29) is 180 Å². The number of carbonyl (C=O) groups is 3. The highest BCUT2D eigenvalue weighted by atomic mass is 19.2. The van der Waals surface area contributed by atoms with Crippen molar-refractivity contribution in [1.29, 1.82) is 0 Å². The zero-order valence-corrected chi connectivity index (χ0v) is 74.1. The van der Waals surface area contributed by atoms with Crippen LogP contribution in [0.5, 0.6) is 34.5 Å². The van der Waals surface area contributed by atoms with E-state index in [1.165, 1.54) is 36.4 Å². The van der Waals surface area contributed by atoms with Crippen molar-refractivity contribution >= 4 is 67.5 Å². The molecule has 3 fully saturated rings. The van der Waals surface area contributed by atoms with Crippen LogP contribution in [0.2, 0.25) is 0 Å². The third kappa shape index (κ3) is 15.0. The van der Waals surface area contributed by atoms with E-state index in [0.29, 0.717) is 50.8 Å². The summed E-state index contributed by atoms with van der Waals surface area (Å²) < 4.78 is 166. The molecule has 3 amide bonds. The fourth-order valence-electron chi connectivity index (χ4n) is 19.2. The van der Waals surface area contributed by atoms with Gasteiger partial charge >= 0.3 is 0 Å². The highest BCUT2D eigenvalue weighted by Gasteiger charge is 2.47.